The summed E-state index contributed by atoms with van der Waals surface area (Å²) in [7, 11) is -3.27. The first-order valence-corrected chi connectivity index (χ1v) is 9.48. The first-order chi connectivity index (χ1) is 11.8. The van der Waals surface area contributed by atoms with Crippen LogP contribution < -0.4 is 5.32 Å². The van der Waals surface area contributed by atoms with Crippen LogP contribution >= 0.6 is 0 Å². The first-order valence-electron chi connectivity index (χ1n) is 7.66. The number of non-ortho nitro benzene ring substituents is 1. The number of hydrogen-bond donors (Lipinski definition) is 1. The van der Waals surface area contributed by atoms with Crippen molar-refractivity contribution in [2.45, 2.75) is 31.3 Å². The van der Waals surface area contributed by atoms with E-state index in [2.05, 4.69) is 10.4 Å². The molecule has 0 spiro atoms. The van der Waals surface area contributed by atoms with Gasteiger partial charge in [0.15, 0.2) is 9.84 Å². The number of carbonyl (C=O) groups excluding carboxylic acids is 1. The maximum absolute atomic E-state index is 12.0. The molecule has 1 amide bonds. The van der Waals surface area contributed by atoms with E-state index in [0.29, 0.717) is 35.6 Å². The molecule has 0 unspecified atom stereocenters. The van der Waals surface area contributed by atoms with Gasteiger partial charge in [0.05, 0.1) is 27.8 Å². The summed E-state index contributed by atoms with van der Waals surface area (Å²) >= 11 is 0. The van der Waals surface area contributed by atoms with E-state index >= 15 is 0 Å². The Balaban J connectivity index is 2.04. The van der Waals surface area contributed by atoms with Crippen LogP contribution in [0.25, 0.3) is 5.69 Å². The molecular weight excluding hydrogens is 348 g/mol. The summed E-state index contributed by atoms with van der Waals surface area (Å²) in [6.07, 6.45) is 0.949. The third kappa shape index (κ3) is 3.38. The molecule has 25 heavy (non-hydrogen) atoms. The molecule has 0 atom stereocenters. The molecule has 0 bridgehead atoms. The van der Waals surface area contributed by atoms with Crippen LogP contribution in [0.5, 0.6) is 0 Å². The van der Waals surface area contributed by atoms with Crippen molar-refractivity contribution < 1.29 is 18.1 Å². The smallest absolute Gasteiger partial charge is 0.269 e. The van der Waals surface area contributed by atoms with Crippen LogP contribution in [0.2, 0.25) is 0 Å². The second kappa shape index (κ2) is 6.28. The number of nitrogens with zero attached hydrogens (tertiary/aromatic N) is 3. The zero-order valence-electron chi connectivity index (χ0n) is 13.4. The van der Waals surface area contributed by atoms with Crippen LogP contribution in [0.3, 0.4) is 0 Å². The maximum atomic E-state index is 12.0. The average molecular weight is 364 g/mol. The summed E-state index contributed by atoms with van der Waals surface area (Å²) < 4.78 is 25.1. The van der Waals surface area contributed by atoms with E-state index < -0.39 is 14.8 Å². The highest BCUT2D eigenvalue weighted by molar-refractivity contribution is 7.90. The van der Waals surface area contributed by atoms with Gasteiger partial charge >= 0.3 is 0 Å². The Morgan fingerprint density at radius 3 is 2.60 bits per heavy atom. The minimum Gasteiger partial charge on any atom is -0.310 e. The van der Waals surface area contributed by atoms with Gasteiger partial charge < -0.3 is 5.32 Å². The van der Waals surface area contributed by atoms with Crippen LogP contribution in [-0.2, 0) is 26.1 Å². The molecule has 132 valence electrons. The maximum Gasteiger partial charge on any atom is 0.269 e. The molecule has 2 aromatic rings. The number of sulfone groups is 1. The molecule has 1 aromatic carbocycles. The van der Waals surface area contributed by atoms with Gasteiger partial charge in [0.1, 0.15) is 5.82 Å². The van der Waals surface area contributed by atoms with Gasteiger partial charge in [-0.15, -0.1) is 0 Å². The highest BCUT2D eigenvalue weighted by Crippen LogP contribution is 2.33. The van der Waals surface area contributed by atoms with Crippen LogP contribution in [0.4, 0.5) is 11.5 Å². The molecule has 1 N–H and O–H groups in total. The van der Waals surface area contributed by atoms with Crippen LogP contribution in [0, 0.1) is 10.1 Å². The number of nitrogens with one attached hydrogen (secondary N) is 1. The van der Waals surface area contributed by atoms with Crippen LogP contribution in [0.1, 0.15) is 31.0 Å². The fourth-order valence-corrected chi connectivity index (χ4v) is 4.19. The summed E-state index contributed by atoms with van der Waals surface area (Å²) in [5, 5.41) is 17.8. The van der Waals surface area contributed by atoms with Crippen molar-refractivity contribution in [2.75, 3.05) is 5.32 Å². The number of anilines is 1. The molecule has 0 radical (unpaired) electrons. The highest BCUT2D eigenvalue weighted by atomic mass is 32.2. The van der Waals surface area contributed by atoms with E-state index in [1.807, 2.05) is 6.92 Å². The lowest BCUT2D eigenvalue weighted by Crippen LogP contribution is -2.16. The van der Waals surface area contributed by atoms with Crippen molar-refractivity contribution in [3.8, 4) is 5.69 Å². The Hall–Kier alpha value is -2.75. The summed E-state index contributed by atoms with van der Waals surface area (Å²) in [5.41, 5.74) is 1.31. The second-order valence-corrected chi connectivity index (χ2v) is 7.85. The molecule has 0 saturated heterocycles. The normalized spacial score (nSPS) is 14.9. The summed E-state index contributed by atoms with van der Waals surface area (Å²) in [6.45, 7) is 1.86. The fraction of sp³-hybridized carbons (Fsp3) is 0.333. The van der Waals surface area contributed by atoms with E-state index in [0.717, 1.165) is 0 Å². The molecule has 10 heteroatoms. The molecular formula is C15H16N4O5S. The van der Waals surface area contributed by atoms with Gasteiger partial charge in [-0.1, -0.05) is 6.92 Å². The Kier molecular flexibility index (Phi) is 4.29. The number of amides is 1. The molecule has 3 rings (SSSR count). The topological polar surface area (TPSA) is 124 Å². The molecule has 0 aliphatic carbocycles. The Morgan fingerprint density at radius 1 is 1.32 bits per heavy atom. The summed E-state index contributed by atoms with van der Waals surface area (Å²) in [6, 6.07) is 5.67. The number of carbonyl (C=O) groups is 1. The van der Waals surface area contributed by atoms with Gasteiger partial charge in [-0.25, -0.2) is 13.1 Å². The number of rotatable bonds is 5. The van der Waals surface area contributed by atoms with Gasteiger partial charge in [0.2, 0.25) is 5.91 Å². The SMILES string of the molecule is CCCC(=O)Nc1c2c(nn1-c1ccc([N+](=O)[O-])cc1)CS(=O)(=O)C2. The van der Waals surface area contributed by atoms with E-state index in [1.165, 1.54) is 28.9 Å². The average Bonchev–Trinajstić information content (AvgIpc) is 3.01. The lowest BCUT2D eigenvalue weighted by atomic mass is 10.2. The van der Waals surface area contributed by atoms with Crippen molar-refractivity contribution >= 4 is 27.2 Å². The molecule has 2 heterocycles. The zero-order valence-corrected chi connectivity index (χ0v) is 14.2. The number of hydrogen-bond acceptors (Lipinski definition) is 6. The van der Waals surface area contributed by atoms with Crippen molar-refractivity contribution in [2.24, 2.45) is 0 Å². The predicted molar refractivity (Wildman–Crippen MR) is 90.1 cm³/mol. The lowest BCUT2D eigenvalue weighted by Gasteiger charge is -2.10. The Bertz CT molecular complexity index is 947. The molecule has 0 fully saturated rings. The van der Waals surface area contributed by atoms with Crippen LogP contribution in [-0.4, -0.2) is 29.0 Å². The van der Waals surface area contributed by atoms with Crippen molar-refractivity contribution in [1.82, 2.24) is 9.78 Å². The fourth-order valence-electron chi connectivity index (χ4n) is 2.69. The van der Waals surface area contributed by atoms with Crippen LogP contribution in [0.15, 0.2) is 24.3 Å². The van der Waals surface area contributed by atoms with Crippen molar-refractivity contribution in [3.63, 3.8) is 0 Å². The predicted octanol–water partition coefficient (Wildman–Crippen LogP) is 1.95. The monoisotopic (exact) mass is 364 g/mol. The Morgan fingerprint density at radius 2 is 2.00 bits per heavy atom. The summed E-state index contributed by atoms with van der Waals surface area (Å²) in [4.78, 5) is 22.3. The third-order valence-corrected chi connectivity index (χ3v) is 5.27. The lowest BCUT2D eigenvalue weighted by molar-refractivity contribution is -0.384. The van der Waals surface area contributed by atoms with Gasteiger partial charge in [-0.2, -0.15) is 5.10 Å². The molecule has 0 saturated carbocycles. The van der Waals surface area contributed by atoms with E-state index in [9.17, 15) is 23.3 Å². The summed E-state index contributed by atoms with van der Waals surface area (Å²) in [5.74, 6) is -0.295. The minimum absolute atomic E-state index is 0.0670. The van der Waals surface area contributed by atoms with Gasteiger partial charge in [0.25, 0.3) is 5.69 Å². The van der Waals surface area contributed by atoms with E-state index in [4.69, 9.17) is 0 Å². The first kappa shape index (κ1) is 17.1. The van der Waals surface area contributed by atoms with Crippen molar-refractivity contribution in [1.29, 1.82) is 0 Å². The van der Waals surface area contributed by atoms with E-state index in [1.54, 1.807) is 0 Å². The van der Waals surface area contributed by atoms with Gasteiger partial charge in [-0.05, 0) is 18.6 Å². The molecule has 9 nitrogen and oxygen atoms in total. The third-order valence-electron chi connectivity index (χ3n) is 3.83. The highest BCUT2D eigenvalue weighted by Gasteiger charge is 2.33. The van der Waals surface area contributed by atoms with Crippen molar-refractivity contribution in [3.05, 3.63) is 45.6 Å². The number of nitro benzene ring substituents is 1. The molecule has 1 aliphatic heterocycles. The van der Waals surface area contributed by atoms with Gasteiger partial charge in [0, 0.05) is 24.1 Å². The number of aromatic nitrogens is 2. The van der Waals surface area contributed by atoms with E-state index in [-0.39, 0.29) is 23.1 Å². The largest absolute Gasteiger partial charge is 0.310 e. The number of fused-ring (bicyclic) bond motifs is 1. The number of benzene rings is 1. The molecule has 1 aliphatic rings. The second-order valence-electron chi connectivity index (χ2n) is 5.79. The standard InChI is InChI=1S/C15H16N4O5S/c1-2-3-14(20)16-15-12-8-25(23,24)9-13(12)17-18(15)10-4-6-11(7-5-10)19(21)22/h4-7H,2-3,8-9H2,1H3,(H,16,20). The quantitative estimate of drug-likeness (QED) is 0.639. The minimum atomic E-state index is -3.27. The zero-order chi connectivity index (χ0) is 18.2. The Labute approximate surface area is 143 Å². The molecule has 1 aromatic heterocycles. The van der Waals surface area contributed by atoms with Gasteiger partial charge in [-0.3, -0.25) is 14.9 Å². The number of nitro groups is 1.